The van der Waals surface area contributed by atoms with E-state index in [-0.39, 0.29) is 0 Å². The van der Waals surface area contributed by atoms with Crippen molar-refractivity contribution in [2.75, 3.05) is 12.4 Å². The summed E-state index contributed by atoms with van der Waals surface area (Å²) in [6.07, 6.45) is 1.71. The zero-order chi connectivity index (χ0) is 14.7. The molecule has 0 unspecified atom stereocenters. The lowest BCUT2D eigenvalue weighted by Crippen LogP contribution is -2.14. The summed E-state index contributed by atoms with van der Waals surface area (Å²) in [6, 6.07) is 3.79. The molecule has 0 atom stereocenters. The summed E-state index contributed by atoms with van der Waals surface area (Å²) in [5.74, 6) is 1.39. The molecule has 0 aromatic carbocycles. The van der Waals surface area contributed by atoms with Gasteiger partial charge in [-0.15, -0.1) is 0 Å². The molecule has 3 N–H and O–H groups in total. The van der Waals surface area contributed by atoms with E-state index in [0.717, 1.165) is 22.6 Å². The molecular weight excluding hydrogens is 274 g/mol. The molecule has 6 nitrogen and oxygen atoms in total. The molecule has 0 bridgehead atoms. The average molecular weight is 291 g/mol. The van der Waals surface area contributed by atoms with Gasteiger partial charge in [0, 0.05) is 25.9 Å². The highest BCUT2D eigenvalue weighted by atomic mass is 32.1. The molecule has 0 aliphatic carbocycles. The van der Waals surface area contributed by atoms with Crippen molar-refractivity contribution < 1.29 is 4.74 Å². The van der Waals surface area contributed by atoms with E-state index in [1.54, 1.807) is 18.0 Å². The van der Waals surface area contributed by atoms with Crippen LogP contribution in [0.15, 0.2) is 18.3 Å². The van der Waals surface area contributed by atoms with Crippen LogP contribution in [0.5, 0.6) is 5.88 Å². The fourth-order valence-electron chi connectivity index (χ4n) is 2.01. The highest BCUT2D eigenvalue weighted by molar-refractivity contribution is 7.80. The molecule has 0 spiro atoms. The summed E-state index contributed by atoms with van der Waals surface area (Å²) < 4.78 is 6.84. The fourth-order valence-corrected chi connectivity index (χ4v) is 2.26. The smallest absolute Gasteiger partial charge is 0.213 e. The number of nitrogens with one attached hydrogen (secondary N) is 1. The zero-order valence-corrected chi connectivity index (χ0v) is 12.5. The van der Waals surface area contributed by atoms with Gasteiger partial charge in [0.1, 0.15) is 10.8 Å². The first-order chi connectivity index (χ1) is 9.52. The van der Waals surface area contributed by atoms with Gasteiger partial charge in [0.05, 0.1) is 18.4 Å². The van der Waals surface area contributed by atoms with Gasteiger partial charge in [0.25, 0.3) is 0 Å². The minimum absolute atomic E-state index is 0.338. The average Bonchev–Trinajstić information content (AvgIpc) is 2.71. The summed E-state index contributed by atoms with van der Waals surface area (Å²) in [6.45, 7) is 2.49. The molecule has 2 aromatic heterocycles. The predicted octanol–water partition coefficient (Wildman–Crippen LogP) is 1.38. The van der Waals surface area contributed by atoms with Crippen LogP contribution in [0.1, 0.15) is 16.8 Å². The Labute approximate surface area is 123 Å². The number of hydrogen-bond acceptors (Lipinski definition) is 5. The fraction of sp³-hybridized carbons (Fsp3) is 0.308. The van der Waals surface area contributed by atoms with E-state index in [9.17, 15) is 0 Å². The molecule has 2 aromatic rings. The normalized spacial score (nSPS) is 10.3. The van der Waals surface area contributed by atoms with Crippen molar-refractivity contribution in [1.82, 2.24) is 14.8 Å². The molecule has 0 saturated carbocycles. The maximum Gasteiger partial charge on any atom is 0.213 e. The van der Waals surface area contributed by atoms with E-state index in [1.165, 1.54) is 0 Å². The van der Waals surface area contributed by atoms with Crippen molar-refractivity contribution in [3.05, 3.63) is 35.2 Å². The number of aromatic nitrogens is 3. The molecule has 2 rings (SSSR count). The first kappa shape index (κ1) is 14.3. The molecule has 0 aliphatic rings. The van der Waals surface area contributed by atoms with Crippen LogP contribution in [0, 0.1) is 6.92 Å². The second-order valence-electron chi connectivity index (χ2n) is 4.36. The predicted molar refractivity (Wildman–Crippen MR) is 81.9 cm³/mol. The van der Waals surface area contributed by atoms with Crippen LogP contribution in [0.4, 0.5) is 5.82 Å². The number of thiocarbonyl (C=S) groups is 1. The lowest BCUT2D eigenvalue weighted by molar-refractivity contribution is 0.397. The Morgan fingerprint density at radius 2 is 2.30 bits per heavy atom. The molecule has 0 radical (unpaired) electrons. The summed E-state index contributed by atoms with van der Waals surface area (Å²) in [7, 11) is 3.44. The van der Waals surface area contributed by atoms with Gasteiger partial charge in [-0.1, -0.05) is 12.2 Å². The third-order valence-electron chi connectivity index (χ3n) is 2.94. The number of nitrogens with zero attached hydrogens (tertiary/aromatic N) is 3. The standard InChI is InChI=1S/C13H17N5OS/c1-8-11(12(14)20)13(18(2)17-8)16-7-9-4-5-15-10(6-9)19-3/h4-6,16H,7H2,1-3H3,(H2,14,20). The van der Waals surface area contributed by atoms with Gasteiger partial charge in [0.15, 0.2) is 0 Å². The van der Waals surface area contributed by atoms with Gasteiger partial charge in [-0.2, -0.15) is 5.10 Å². The number of anilines is 1. The lowest BCUT2D eigenvalue weighted by Gasteiger charge is -2.09. The largest absolute Gasteiger partial charge is 0.481 e. The highest BCUT2D eigenvalue weighted by Crippen LogP contribution is 2.19. The number of rotatable bonds is 5. The van der Waals surface area contributed by atoms with E-state index >= 15 is 0 Å². The van der Waals surface area contributed by atoms with Gasteiger partial charge in [-0.05, 0) is 18.6 Å². The Morgan fingerprint density at radius 3 is 2.95 bits per heavy atom. The van der Waals surface area contributed by atoms with Crippen molar-refractivity contribution in [2.24, 2.45) is 12.8 Å². The Balaban J connectivity index is 2.20. The highest BCUT2D eigenvalue weighted by Gasteiger charge is 2.15. The van der Waals surface area contributed by atoms with E-state index in [4.69, 9.17) is 22.7 Å². The molecule has 0 saturated heterocycles. The summed E-state index contributed by atoms with van der Waals surface area (Å²) in [5, 5.41) is 7.63. The SMILES string of the molecule is COc1cc(CNc2c(C(N)=S)c(C)nn2C)ccn1. The second-order valence-corrected chi connectivity index (χ2v) is 4.80. The van der Waals surface area contributed by atoms with Crippen molar-refractivity contribution in [3.8, 4) is 5.88 Å². The van der Waals surface area contributed by atoms with Crippen LogP contribution >= 0.6 is 12.2 Å². The maximum atomic E-state index is 5.75. The van der Waals surface area contributed by atoms with Crippen LogP contribution in [0.3, 0.4) is 0 Å². The Kier molecular flexibility index (Phi) is 4.19. The van der Waals surface area contributed by atoms with E-state index in [0.29, 0.717) is 17.4 Å². The molecule has 2 heterocycles. The van der Waals surface area contributed by atoms with Crippen molar-refractivity contribution >= 4 is 23.0 Å². The molecule has 0 amide bonds. The second kappa shape index (κ2) is 5.87. The molecular formula is C13H17N5OS. The summed E-state index contributed by atoms with van der Waals surface area (Å²) in [4.78, 5) is 4.41. The van der Waals surface area contributed by atoms with Gasteiger partial charge < -0.3 is 15.8 Å². The maximum absolute atomic E-state index is 5.75. The number of hydrogen-bond donors (Lipinski definition) is 2. The Morgan fingerprint density at radius 1 is 1.55 bits per heavy atom. The monoisotopic (exact) mass is 291 g/mol. The van der Waals surface area contributed by atoms with Crippen LogP contribution in [0.2, 0.25) is 0 Å². The summed E-state index contributed by atoms with van der Waals surface area (Å²) in [5.41, 5.74) is 8.39. The topological polar surface area (TPSA) is 78.0 Å². The van der Waals surface area contributed by atoms with Gasteiger partial charge >= 0.3 is 0 Å². The van der Waals surface area contributed by atoms with Crippen molar-refractivity contribution in [1.29, 1.82) is 0 Å². The van der Waals surface area contributed by atoms with Crippen LogP contribution < -0.4 is 15.8 Å². The van der Waals surface area contributed by atoms with Crippen LogP contribution in [-0.2, 0) is 13.6 Å². The first-order valence-corrected chi connectivity index (χ1v) is 6.50. The first-order valence-electron chi connectivity index (χ1n) is 6.09. The van der Waals surface area contributed by atoms with Crippen molar-refractivity contribution in [3.63, 3.8) is 0 Å². The molecule has 0 aliphatic heterocycles. The zero-order valence-electron chi connectivity index (χ0n) is 11.7. The number of ether oxygens (including phenoxy) is 1. The van der Waals surface area contributed by atoms with Gasteiger partial charge in [-0.25, -0.2) is 4.98 Å². The third kappa shape index (κ3) is 2.88. The molecule has 7 heteroatoms. The number of methoxy groups -OCH3 is 1. The summed E-state index contributed by atoms with van der Waals surface area (Å²) >= 11 is 5.08. The minimum atomic E-state index is 0.338. The molecule has 20 heavy (non-hydrogen) atoms. The third-order valence-corrected chi connectivity index (χ3v) is 3.14. The lowest BCUT2D eigenvalue weighted by atomic mass is 10.2. The van der Waals surface area contributed by atoms with Crippen LogP contribution in [-0.4, -0.2) is 26.9 Å². The number of aryl methyl sites for hydroxylation is 2. The van der Waals surface area contributed by atoms with E-state index in [2.05, 4.69) is 15.4 Å². The Hall–Kier alpha value is -2.15. The van der Waals surface area contributed by atoms with E-state index in [1.807, 2.05) is 26.1 Å². The van der Waals surface area contributed by atoms with Gasteiger partial charge in [-0.3, -0.25) is 4.68 Å². The molecule has 106 valence electrons. The molecule has 0 fully saturated rings. The van der Waals surface area contributed by atoms with E-state index < -0.39 is 0 Å². The number of nitrogens with two attached hydrogens (primary N) is 1. The quantitative estimate of drug-likeness (QED) is 0.810. The van der Waals surface area contributed by atoms with Crippen LogP contribution in [0.25, 0.3) is 0 Å². The van der Waals surface area contributed by atoms with Crippen molar-refractivity contribution in [2.45, 2.75) is 13.5 Å². The van der Waals surface area contributed by atoms with Gasteiger partial charge in [0.2, 0.25) is 5.88 Å². The Bertz CT molecular complexity index is 638. The number of pyridine rings is 1. The minimum Gasteiger partial charge on any atom is -0.481 e.